The maximum atomic E-state index is 12.3. The molecule has 1 amide bonds. The number of aliphatic carboxylic acids is 1. The van der Waals surface area contributed by atoms with E-state index in [1.807, 2.05) is 4.90 Å². The predicted octanol–water partition coefficient (Wildman–Crippen LogP) is 2.28. The van der Waals surface area contributed by atoms with Crippen LogP contribution in [0.4, 0.5) is 0 Å². The van der Waals surface area contributed by atoms with Gasteiger partial charge in [0.25, 0.3) is 0 Å². The van der Waals surface area contributed by atoms with Crippen LogP contribution in [-0.2, 0) is 9.59 Å². The molecule has 0 aromatic heterocycles. The van der Waals surface area contributed by atoms with Gasteiger partial charge in [-0.25, -0.2) is 0 Å². The summed E-state index contributed by atoms with van der Waals surface area (Å²) in [5.41, 5.74) is -0.743. The van der Waals surface area contributed by atoms with Crippen molar-refractivity contribution in [2.45, 2.75) is 51.9 Å². The summed E-state index contributed by atoms with van der Waals surface area (Å²) in [6.07, 6.45) is 5.87. The first-order valence-corrected chi connectivity index (χ1v) is 7.05. The van der Waals surface area contributed by atoms with Gasteiger partial charge in [-0.05, 0) is 31.6 Å². The molecular formula is C14H23NO3. The van der Waals surface area contributed by atoms with Gasteiger partial charge in [0.1, 0.15) is 0 Å². The summed E-state index contributed by atoms with van der Waals surface area (Å²) in [7, 11) is 0. The molecule has 0 bridgehead atoms. The molecule has 1 unspecified atom stereocenters. The second-order valence-electron chi connectivity index (χ2n) is 6.06. The molecule has 102 valence electrons. The van der Waals surface area contributed by atoms with Crippen molar-refractivity contribution >= 4 is 11.9 Å². The van der Waals surface area contributed by atoms with Crippen molar-refractivity contribution in [1.82, 2.24) is 4.90 Å². The van der Waals surface area contributed by atoms with Gasteiger partial charge >= 0.3 is 5.97 Å². The zero-order chi connectivity index (χ0) is 13.2. The Morgan fingerprint density at radius 1 is 1.28 bits per heavy atom. The number of rotatable bonds is 3. The lowest BCUT2D eigenvalue weighted by Crippen LogP contribution is -2.44. The molecule has 18 heavy (non-hydrogen) atoms. The van der Waals surface area contributed by atoms with Crippen LogP contribution < -0.4 is 0 Å². The summed E-state index contributed by atoms with van der Waals surface area (Å²) in [6, 6.07) is 0. The van der Waals surface area contributed by atoms with E-state index in [0.717, 1.165) is 25.9 Å². The van der Waals surface area contributed by atoms with Gasteiger partial charge in [-0.3, -0.25) is 9.59 Å². The fourth-order valence-corrected chi connectivity index (χ4v) is 3.05. The van der Waals surface area contributed by atoms with Crippen LogP contribution in [-0.4, -0.2) is 35.0 Å². The molecule has 1 heterocycles. The highest BCUT2D eigenvalue weighted by Gasteiger charge is 2.46. The molecular weight excluding hydrogens is 230 g/mol. The van der Waals surface area contributed by atoms with Gasteiger partial charge in [-0.15, -0.1) is 0 Å². The SMILES string of the molecule is CC1CCCCN(C(=O)CC2(C(=O)O)CCC2)C1. The number of amides is 1. The molecule has 0 aromatic rings. The molecule has 0 radical (unpaired) electrons. The highest BCUT2D eigenvalue weighted by atomic mass is 16.4. The number of hydrogen-bond donors (Lipinski definition) is 1. The Hall–Kier alpha value is -1.06. The van der Waals surface area contributed by atoms with Crippen LogP contribution in [0.25, 0.3) is 0 Å². The van der Waals surface area contributed by atoms with E-state index in [4.69, 9.17) is 0 Å². The van der Waals surface area contributed by atoms with Gasteiger partial charge < -0.3 is 10.0 Å². The Morgan fingerprint density at radius 3 is 2.56 bits per heavy atom. The Balaban J connectivity index is 1.96. The van der Waals surface area contributed by atoms with Crippen molar-refractivity contribution < 1.29 is 14.7 Å². The third-order valence-electron chi connectivity index (χ3n) is 4.51. The first kappa shape index (κ1) is 13.4. The fourth-order valence-electron chi connectivity index (χ4n) is 3.05. The van der Waals surface area contributed by atoms with Gasteiger partial charge in [0, 0.05) is 19.5 Å². The third kappa shape index (κ3) is 2.68. The number of carboxylic acids is 1. The molecule has 0 spiro atoms. The number of carboxylic acid groups (broad SMARTS) is 1. The lowest BCUT2D eigenvalue weighted by atomic mass is 9.66. The largest absolute Gasteiger partial charge is 0.481 e. The fraction of sp³-hybridized carbons (Fsp3) is 0.857. The second kappa shape index (κ2) is 5.29. The molecule has 2 fully saturated rings. The maximum absolute atomic E-state index is 12.3. The van der Waals surface area contributed by atoms with Gasteiger partial charge in [-0.2, -0.15) is 0 Å². The summed E-state index contributed by atoms with van der Waals surface area (Å²) < 4.78 is 0. The minimum Gasteiger partial charge on any atom is -0.481 e. The number of carbonyl (C=O) groups is 2. The van der Waals surface area contributed by atoms with Crippen LogP contribution in [0, 0.1) is 11.3 Å². The van der Waals surface area contributed by atoms with Gasteiger partial charge in [0.2, 0.25) is 5.91 Å². The van der Waals surface area contributed by atoms with E-state index in [1.165, 1.54) is 12.8 Å². The topological polar surface area (TPSA) is 57.6 Å². The first-order chi connectivity index (χ1) is 8.53. The van der Waals surface area contributed by atoms with E-state index in [1.54, 1.807) is 0 Å². The van der Waals surface area contributed by atoms with E-state index in [-0.39, 0.29) is 12.3 Å². The van der Waals surface area contributed by atoms with Crippen molar-refractivity contribution in [1.29, 1.82) is 0 Å². The van der Waals surface area contributed by atoms with Crippen molar-refractivity contribution in [3.8, 4) is 0 Å². The molecule has 1 saturated carbocycles. The summed E-state index contributed by atoms with van der Waals surface area (Å²) in [5, 5.41) is 9.27. The van der Waals surface area contributed by atoms with Crippen molar-refractivity contribution in [2.75, 3.05) is 13.1 Å². The Bertz CT molecular complexity index is 336. The predicted molar refractivity (Wildman–Crippen MR) is 68.1 cm³/mol. The normalized spacial score (nSPS) is 27.2. The summed E-state index contributed by atoms with van der Waals surface area (Å²) in [5.74, 6) is -0.200. The number of likely N-dealkylation sites (tertiary alicyclic amines) is 1. The smallest absolute Gasteiger partial charge is 0.310 e. The van der Waals surface area contributed by atoms with Gasteiger partial charge in [-0.1, -0.05) is 19.8 Å². The van der Waals surface area contributed by atoms with E-state index >= 15 is 0 Å². The molecule has 1 aliphatic carbocycles. The van der Waals surface area contributed by atoms with E-state index in [0.29, 0.717) is 18.8 Å². The zero-order valence-corrected chi connectivity index (χ0v) is 11.2. The quantitative estimate of drug-likeness (QED) is 0.839. The number of hydrogen-bond acceptors (Lipinski definition) is 2. The number of nitrogens with zero attached hydrogens (tertiary/aromatic N) is 1. The lowest BCUT2D eigenvalue weighted by molar-refractivity contribution is -0.159. The van der Waals surface area contributed by atoms with Crippen LogP contribution in [0.5, 0.6) is 0 Å². The molecule has 1 atom stereocenters. The van der Waals surface area contributed by atoms with Gasteiger partial charge in [0.05, 0.1) is 5.41 Å². The van der Waals surface area contributed by atoms with Gasteiger partial charge in [0.15, 0.2) is 0 Å². The summed E-state index contributed by atoms with van der Waals surface area (Å²) >= 11 is 0. The highest BCUT2D eigenvalue weighted by Crippen LogP contribution is 2.44. The Labute approximate surface area is 108 Å². The van der Waals surface area contributed by atoms with E-state index < -0.39 is 11.4 Å². The molecule has 1 N–H and O–H groups in total. The second-order valence-corrected chi connectivity index (χ2v) is 6.06. The molecule has 2 aliphatic rings. The summed E-state index contributed by atoms with van der Waals surface area (Å²) in [6.45, 7) is 3.77. The molecule has 0 aromatic carbocycles. The average molecular weight is 253 g/mol. The average Bonchev–Trinajstić information content (AvgIpc) is 2.47. The van der Waals surface area contributed by atoms with Crippen LogP contribution >= 0.6 is 0 Å². The van der Waals surface area contributed by atoms with Crippen molar-refractivity contribution in [3.63, 3.8) is 0 Å². The molecule has 4 heteroatoms. The Kier molecular flexibility index (Phi) is 3.93. The minimum atomic E-state index is -0.787. The van der Waals surface area contributed by atoms with E-state index in [9.17, 15) is 14.7 Å². The number of carbonyl (C=O) groups excluding carboxylic acids is 1. The minimum absolute atomic E-state index is 0.0471. The summed E-state index contributed by atoms with van der Waals surface area (Å²) in [4.78, 5) is 25.4. The lowest BCUT2D eigenvalue weighted by Gasteiger charge is -2.38. The van der Waals surface area contributed by atoms with Crippen LogP contribution in [0.2, 0.25) is 0 Å². The molecule has 4 nitrogen and oxygen atoms in total. The molecule has 2 rings (SSSR count). The van der Waals surface area contributed by atoms with Crippen molar-refractivity contribution in [3.05, 3.63) is 0 Å². The third-order valence-corrected chi connectivity index (χ3v) is 4.51. The molecule has 1 aliphatic heterocycles. The maximum Gasteiger partial charge on any atom is 0.310 e. The van der Waals surface area contributed by atoms with Crippen LogP contribution in [0.1, 0.15) is 51.9 Å². The standard InChI is InChI=1S/C14H23NO3/c1-11-5-2-3-8-15(10-11)12(16)9-14(13(17)18)6-4-7-14/h11H,2-10H2,1H3,(H,17,18). The van der Waals surface area contributed by atoms with Crippen LogP contribution in [0.3, 0.4) is 0 Å². The zero-order valence-electron chi connectivity index (χ0n) is 11.2. The van der Waals surface area contributed by atoms with Crippen molar-refractivity contribution in [2.24, 2.45) is 11.3 Å². The van der Waals surface area contributed by atoms with E-state index in [2.05, 4.69) is 6.92 Å². The molecule has 1 saturated heterocycles. The monoisotopic (exact) mass is 253 g/mol. The highest BCUT2D eigenvalue weighted by molar-refractivity contribution is 5.85. The first-order valence-electron chi connectivity index (χ1n) is 7.05. The Morgan fingerprint density at radius 2 is 2.00 bits per heavy atom. The van der Waals surface area contributed by atoms with Crippen LogP contribution in [0.15, 0.2) is 0 Å².